The van der Waals surface area contributed by atoms with E-state index in [1.807, 2.05) is 6.08 Å². The van der Waals surface area contributed by atoms with Crippen molar-refractivity contribution in [2.24, 2.45) is 17.8 Å². The van der Waals surface area contributed by atoms with Gasteiger partial charge in [0.1, 0.15) is 0 Å². The Morgan fingerprint density at radius 2 is 1.79 bits per heavy atom. The summed E-state index contributed by atoms with van der Waals surface area (Å²) in [5, 5.41) is 12.8. The first-order chi connectivity index (χ1) is 15.9. The zero-order chi connectivity index (χ0) is 24.9. The molecule has 0 radical (unpaired) electrons. The average molecular weight is 637 g/mol. The van der Waals surface area contributed by atoms with Gasteiger partial charge in [0.25, 0.3) is 11.8 Å². The molecular weight excluding hydrogens is 619 g/mol. The maximum Gasteiger partial charge on any atom is 0.253 e. The third-order valence-electron chi connectivity index (χ3n) is 7.56. The van der Waals surface area contributed by atoms with Gasteiger partial charge >= 0.3 is 0 Å². The third kappa shape index (κ3) is 2.77. The Morgan fingerprint density at radius 3 is 2.44 bits per heavy atom. The Labute approximate surface area is 221 Å². The van der Waals surface area contributed by atoms with E-state index < -0.39 is 51.1 Å². The minimum absolute atomic E-state index is 0.0782. The fourth-order valence-corrected chi connectivity index (χ4v) is 7.94. The smallest absolute Gasteiger partial charge is 0.253 e. The lowest BCUT2D eigenvalue weighted by atomic mass is 9.56. The number of phenols is 1. The summed E-state index contributed by atoms with van der Waals surface area (Å²) in [5.74, 6) is -5.06. The number of likely N-dealkylation sites (tertiary alicyclic amines) is 1. The number of hydrogen-bond acceptors (Lipinski definition) is 6. The fraction of sp³-hybridized carbons (Fsp3) is 0.455. The van der Waals surface area contributed by atoms with Crippen LogP contribution >= 0.6 is 55.1 Å². The van der Waals surface area contributed by atoms with Crippen molar-refractivity contribution in [2.45, 2.75) is 28.5 Å². The second kappa shape index (κ2) is 7.69. The summed E-state index contributed by atoms with van der Waals surface area (Å²) in [6, 6.07) is 1.53. The maximum atomic E-state index is 13.5. The molecule has 34 heavy (non-hydrogen) atoms. The first kappa shape index (κ1) is 24.1. The fourth-order valence-electron chi connectivity index (χ4n) is 5.98. The van der Waals surface area contributed by atoms with Crippen LogP contribution < -0.4 is 10.1 Å². The predicted octanol–water partition coefficient (Wildman–Crippen LogP) is 3.20. The van der Waals surface area contributed by atoms with Crippen LogP contribution in [0, 0.1) is 17.8 Å². The number of ether oxygens (including phenoxy) is 1. The van der Waals surface area contributed by atoms with Gasteiger partial charge in [-0.1, -0.05) is 11.6 Å². The van der Waals surface area contributed by atoms with Crippen molar-refractivity contribution in [2.75, 3.05) is 14.2 Å². The van der Waals surface area contributed by atoms with E-state index in [1.165, 1.54) is 20.2 Å². The van der Waals surface area contributed by atoms with Crippen molar-refractivity contribution in [1.29, 1.82) is 0 Å². The molecule has 1 saturated carbocycles. The Morgan fingerprint density at radius 1 is 1.12 bits per heavy atom. The molecule has 2 N–H and O–H groups in total. The number of imide groups is 2. The molecule has 5 rings (SSSR count). The van der Waals surface area contributed by atoms with Crippen LogP contribution in [0.25, 0.3) is 0 Å². The summed E-state index contributed by atoms with van der Waals surface area (Å²) in [5.41, 5.74) is 1.09. The lowest BCUT2D eigenvalue weighted by Crippen LogP contribution is -2.60. The Hall–Kier alpha value is -1.62. The standard InChI is InChI=1S/C22H18Br2Cl2N2O6/c1-28-19(32)21(25)6-10-7(3-4-8-12(10)18(31)27-17(8)30)13(22(21,26)20(28)33)9-5-11(34-2)16(29)15(24)14(9)23/h3,5,8,10,12-13,29H,4,6H2,1-2H3,(H,27,30,31)/t8-,10+,12-,13+,21+,22-/m0/s1. The van der Waals surface area contributed by atoms with Gasteiger partial charge in [-0.15, -0.1) is 23.2 Å². The number of hydrogen-bond donors (Lipinski definition) is 2. The van der Waals surface area contributed by atoms with Crippen molar-refractivity contribution in [3.8, 4) is 11.5 Å². The number of benzene rings is 1. The molecule has 2 saturated heterocycles. The molecule has 12 heteroatoms. The molecule has 1 aromatic rings. The molecule has 8 nitrogen and oxygen atoms in total. The van der Waals surface area contributed by atoms with Crippen LogP contribution in [0.2, 0.25) is 0 Å². The molecule has 4 aliphatic rings. The Bertz CT molecular complexity index is 1240. The molecule has 2 aliphatic carbocycles. The number of methoxy groups -OCH3 is 1. The number of amides is 4. The van der Waals surface area contributed by atoms with Crippen LogP contribution in [0.4, 0.5) is 0 Å². The third-order valence-corrected chi connectivity index (χ3v) is 11.1. The number of alkyl halides is 2. The molecule has 0 aromatic heterocycles. The second-order valence-corrected chi connectivity index (χ2v) is 11.8. The Balaban J connectivity index is 1.82. The molecule has 2 aliphatic heterocycles. The molecule has 3 fully saturated rings. The van der Waals surface area contributed by atoms with Crippen LogP contribution in [0.3, 0.4) is 0 Å². The van der Waals surface area contributed by atoms with Gasteiger partial charge in [0, 0.05) is 17.4 Å². The highest BCUT2D eigenvalue weighted by atomic mass is 79.9. The van der Waals surface area contributed by atoms with Crippen molar-refractivity contribution in [3.05, 3.63) is 32.2 Å². The topological polar surface area (TPSA) is 113 Å². The van der Waals surface area contributed by atoms with E-state index in [4.69, 9.17) is 27.9 Å². The van der Waals surface area contributed by atoms with E-state index >= 15 is 0 Å². The minimum atomic E-state index is -1.92. The zero-order valence-corrected chi connectivity index (χ0v) is 22.5. The number of fused-ring (bicyclic) bond motifs is 4. The predicted molar refractivity (Wildman–Crippen MR) is 129 cm³/mol. The first-order valence-corrected chi connectivity index (χ1v) is 12.7. The van der Waals surface area contributed by atoms with Gasteiger partial charge in [-0.2, -0.15) is 0 Å². The van der Waals surface area contributed by atoms with Crippen LogP contribution in [0.5, 0.6) is 11.5 Å². The van der Waals surface area contributed by atoms with Gasteiger partial charge in [0.15, 0.2) is 21.2 Å². The highest BCUT2D eigenvalue weighted by Crippen LogP contribution is 2.66. The van der Waals surface area contributed by atoms with E-state index in [1.54, 1.807) is 0 Å². The molecule has 180 valence electrons. The summed E-state index contributed by atoms with van der Waals surface area (Å²) < 4.78 is 5.97. The number of carbonyl (C=O) groups excluding carboxylic acids is 4. The number of nitrogens with one attached hydrogen (secondary N) is 1. The van der Waals surface area contributed by atoms with Gasteiger partial charge in [-0.05, 0) is 62.2 Å². The summed E-state index contributed by atoms with van der Waals surface area (Å²) >= 11 is 21.0. The number of allylic oxidation sites excluding steroid dienone is 2. The molecule has 2 heterocycles. The molecular formula is C22H18Br2Cl2N2O6. The van der Waals surface area contributed by atoms with Crippen LogP contribution in [-0.4, -0.2) is 57.5 Å². The van der Waals surface area contributed by atoms with Crippen LogP contribution in [-0.2, 0) is 19.2 Å². The molecule has 6 atom stereocenters. The maximum absolute atomic E-state index is 13.5. The van der Waals surface area contributed by atoms with Gasteiger partial charge < -0.3 is 9.84 Å². The highest BCUT2D eigenvalue weighted by Gasteiger charge is 2.75. The molecule has 0 bridgehead atoms. The van der Waals surface area contributed by atoms with Gasteiger partial charge in [-0.25, -0.2) is 0 Å². The molecule has 4 amide bonds. The number of rotatable bonds is 2. The lowest BCUT2D eigenvalue weighted by Gasteiger charge is -2.51. The summed E-state index contributed by atoms with van der Waals surface area (Å²) in [7, 11) is 2.70. The zero-order valence-electron chi connectivity index (χ0n) is 17.8. The van der Waals surface area contributed by atoms with Gasteiger partial charge in [-0.3, -0.25) is 29.4 Å². The summed E-state index contributed by atoms with van der Waals surface area (Å²) in [6.07, 6.45) is 2.02. The second-order valence-electron chi connectivity index (χ2n) is 9.00. The average Bonchev–Trinajstić information content (AvgIpc) is 3.16. The normalized spacial score (nSPS) is 36.6. The van der Waals surface area contributed by atoms with Crippen molar-refractivity contribution in [3.63, 3.8) is 0 Å². The van der Waals surface area contributed by atoms with Crippen molar-refractivity contribution >= 4 is 78.7 Å². The first-order valence-electron chi connectivity index (χ1n) is 10.4. The van der Waals surface area contributed by atoms with Crippen molar-refractivity contribution in [1.82, 2.24) is 10.2 Å². The van der Waals surface area contributed by atoms with E-state index in [9.17, 15) is 24.3 Å². The van der Waals surface area contributed by atoms with Crippen LogP contribution in [0.15, 0.2) is 26.7 Å². The van der Waals surface area contributed by atoms with E-state index in [0.29, 0.717) is 15.6 Å². The number of nitrogens with zero attached hydrogens (tertiary/aromatic N) is 1. The summed E-state index contributed by atoms with van der Waals surface area (Å²) in [4.78, 5) is 49.2. The number of phenolic OH excluding ortho intramolecular Hbond substituents is 1. The van der Waals surface area contributed by atoms with Gasteiger partial charge in [0.05, 0.1) is 23.4 Å². The quantitative estimate of drug-likeness (QED) is 0.293. The molecule has 0 unspecified atom stereocenters. The monoisotopic (exact) mass is 634 g/mol. The van der Waals surface area contributed by atoms with E-state index in [-0.39, 0.29) is 34.7 Å². The molecule has 1 aromatic carbocycles. The number of aromatic hydroxyl groups is 1. The lowest BCUT2D eigenvalue weighted by molar-refractivity contribution is -0.138. The largest absolute Gasteiger partial charge is 0.503 e. The minimum Gasteiger partial charge on any atom is -0.503 e. The van der Waals surface area contributed by atoms with Gasteiger partial charge in [0.2, 0.25) is 11.8 Å². The van der Waals surface area contributed by atoms with Crippen LogP contribution in [0.1, 0.15) is 24.3 Å². The Kier molecular flexibility index (Phi) is 5.45. The van der Waals surface area contributed by atoms with E-state index in [0.717, 1.165) is 4.90 Å². The highest BCUT2D eigenvalue weighted by molar-refractivity contribution is 9.13. The SMILES string of the molecule is COc1cc([C@H]2C3=CC[C@@H]4C(=O)NC(=O)[C@@H]4[C@@H]3C[C@@]3(Cl)C(=O)N(C)C(=O)[C@@]23Cl)c(Br)c(Br)c1O. The van der Waals surface area contributed by atoms with E-state index in [2.05, 4.69) is 37.2 Å². The number of halogens is 4. The van der Waals surface area contributed by atoms with Crippen molar-refractivity contribution < 1.29 is 29.0 Å². The number of carbonyl (C=O) groups is 4. The molecule has 0 spiro atoms. The summed E-state index contributed by atoms with van der Waals surface area (Å²) in [6.45, 7) is 0.